The number of amides is 1. The number of carbonyl (C=O) groups is 2. The number of carboxylic acids is 1. The Balaban J connectivity index is 0.00000128. The maximum absolute atomic E-state index is 11.4. The molecular formula is C8H10N2NaO4S. The fraction of sp³-hybridized carbons (Fsp3) is 0.500. The van der Waals surface area contributed by atoms with E-state index in [0.29, 0.717) is 11.3 Å². The number of carboxylic acid groups (broad SMARTS) is 1. The van der Waals surface area contributed by atoms with Gasteiger partial charge in [0, 0.05) is 35.3 Å². The number of hydrogen-bond donors (Lipinski definition) is 3. The Morgan fingerprint density at radius 1 is 1.62 bits per heavy atom. The van der Waals surface area contributed by atoms with E-state index in [2.05, 4.69) is 0 Å². The Hall–Kier alpha value is -0.0500. The maximum atomic E-state index is 11.4. The molecule has 1 fully saturated rings. The van der Waals surface area contributed by atoms with Crippen LogP contribution in [-0.2, 0) is 9.59 Å². The van der Waals surface area contributed by atoms with Gasteiger partial charge >= 0.3 is 5.97 Å². The van der Waals surface area contributed by atoms with Gasteiger partial charge in [-0.25, -0.2) is 4.79 Å². The summed E-state index contributed by atoms with van der Waals surface area (Å²) in [5, 5.41) is 17.6. The number of thioether (sulfide) groups is 1. The quantitative estimate of drug-likeness (QED) is 0.395. The molecular weight excluding hydrogens is 243 g/mol. The minimum atomic E-state index is -1.19. The van der Waals surface area contributed by atoms with Crippen LogP contribution in [0.1, 0.15) is 0 Å². The molecule has 0 bridgehead atoms. The number of aliphatic hydroxyl groups is 1. The van der Waals surface area contributed by atoms with Crippen LogP contribution < -0.4 is 5.73 Å². The summed E-state index contributed by atoms with van der Waals surface area (Å²) in [5.74, 6) is -1.18. The monoisotopic (exact) mass is 253 g/mol. The maximum Gasteiger partial charge on any atom is 0.352 e. The normalized spacial score (nSPS) is 28.1. The van der Waals surface area contributed by atoms with Gasteiger partial charge in [-0.05, 0) is 5.57 Å². The fourth-order valence-corrected chi connectivity index (χ4v) is 2.98. The van der Waals surface area contributed by atoms with Gasteiger partial charge in [0.2, 0.25) is 5.91 Å². The first-order chi connectivity index (χ1) is 7.07. The van der Waals surface area contributed by atoms with E-state index in [1.807, 2.05) is 0 Å². The molecule has 1 saturated heterocycles. The number of rotatable bonds is 2. The van der Waals surface area contributed by atoms with Gasteiger partial charge in [0.1, 0.15) is 17.1 Å². The van der Waals surface area contributed by atoms with Gasteiger partial charge in [-0.3, -0.25) is 9.69 Å². The van der Waals surface area contributed by atoms with E-state index in [9.17, 15) is 9.59 Å². The van der Waals surface area contributed by atoms with Crippen LogP contribution in [0.2, 0.25) is 0 Å². The minimum Gasteiger partial charge on any atom is -0.477 e. The summed E-state index contributed by atoms with van der Waals surface area (Å²) in [6, 6.07) is -0.621. The van der Waals surface area contributed by atoms with Crippen LogP contribution in [0.25, 0.3) is 0 Å². The Kier molecular flexibility index (Phi) is 4.44. The summed E-state index contributed by atoms with van der Waals surface area (Å²) in [6.07, 6.45) is 0. The molecule has 0 aliphatic carbocycles. The van der Waals surface area contributed by atoms with Gasteiger partial charge in [-0.15, -0.1) is 11.8 Å². The first kappa shape index (κ1) is 14.0. The molecule has 2 aliphatic rings. The molecule has 0 saturated carbocycles. The third-order valence-electron chi connectivity index (χ3n) is 2.48. The van der Waals surface area contributed by atoms with Crippen molar-refractivity contribution in [3.8, 4) is 0 Å². The van der Waals surface area contributed by atoms with E-state index in [0.717, 1.165) is 4.90 Å². The fourth-order valence-electron chi connectivity index (χ4n) is 1.70. The molecule has 2 rings (SSSR count). The van der Waals surface area contributed by atoms with Crippen LogP contribution >= 0.6 is 11.8 Å². The number of aliphatic hydroxyl groups excluding tert-OH is 1. The van der Waals surface area contributed by atoms with Crippen molar-refractivity contribution < 1.29 is 19.8 Å². The van der Waals surface area contributed by atoms with Crippen LogP contribution in [0, 0.1) is 0 Å². The second-order valence-corrected chi connectivity index (χ2v) is 4.46. The predicted octanol–water partition coefficient (Wildman–Crippen LogP) is -1.82. The smallest absolute Gasteiger partial charge is 0.352 e. The average Bonchev–Trinajstić information content (AvgIpc) is 2.25. The second-order valence-electron chi connectivity index (χ2n) is 3.35. The van der Waals surface area contributed by atoms with Gasteiger partial charge in [-0.1, -0.05) is 0 Å². The first-order valence-corrected chi connectivity index (χ1v) is 5.39. The van der Waals surface area contributed by atoms with Gasteiger partial charge in [0.15, 0.2) is 0 Å². The van der Waals surface area contributed by atoms with Gasteiger partial charge in [-0.2, -0.15) is 0 Å². The molecule has 1 radical (unpaired) electrons. The van der Waals surface area contributed by atoms with Crippen molar-refractivity contribution in [1.29, 1.82) is 0 Å². The van der Waals surface area contributed by atoms with E-state index >= 15 is 0 Å². The Labute approximate surface area is 118 Å². The number of fused-ring (bicyclic) bond motifs is 1. The van der Waals surface area contributed by atoms with E-state index < -0.39 is 17.9 Å². The van der Waals surface area contributed by atoms with Gasteiger partial charge < -0.3 is 15.9 Å². The minimum absolute atomic E-state index is 0. The Bertz CT molecular complexity index is 373. The number of β-lactam (4-membered cyclic amide) rings is 1. The third-order valence-corrected chi connectivity index (χ3v) is 3.84. The largest absolute Gasteiger partial charge is 0.477 e. The summed E-state index contributed by atoms with van der Waals surface area (Å²) >= 11 is 1.38. The standard InChI is InChI=1S/C8H10N2O4S.Na/c9-4-6(12)10-5(8(13)14)3(1-11)2-15-7(4)10;/h4,7,11H,1-2,9H2,(H,13,14);/t4-,7-;/m1./s1. The van der Waals surface area contributed by atoms with Gasteiger partial charge in [0.25, 0.3) is 0 Å². The first-order valence-electron chi connectivity index (χ1n) is 4.34. The summed E-state index contributed by atoms with van der Waals surface area (Å²) in [4.78, 5) is 23.5. The number of nitrogens with two attached hydrogens (primary N) is 1. The van der Waals surface area contributed by atoms with E-state index in [4.69, 9.17) is 15.9 Å². The van der Waals surface area contributed by atoms with Crippen LogP contribution in [0.4, 0.5) is 0 Å². The number of carbonyl (C=O) groups excluding carboxylic acids is 1. The zero-order valence-electron chi connectivity index (χ0n) is 8.71. The average molecular weight is 253 g/mol. The molecule has 4 N–H and O–H groups in total. The summed E-state index contributed by atoms with van der Waals surface area (Å²) in [7, 11) is 0. The molecule has 1 amide bonds. The molecule has 0 unspecified atom stereocenters. The van der Waals surface area contributed by atoms with Gasteiger partial charge in [0.05, 0.1) is 6.61 Å². The van der Waals surface area contributed by atoms with E-state index in [-0.39, 0.29) is 47.2 Å². The van der Waals surface area contributed by atoms with Crippen LogP contribution in [-0.4, -0.2) is 80.3 Å². The third kappa shape index (κ3) is 1.92. The summed E-state index contributed by atoms with van der Waals surface area (Å²) in [6.45, 7) is -0.347. The zero-order chi connectivity index (χ0) is 11.2. The predicted molar refractivity (Wildman–Crippen MR) is 58.6 cm³/mol. The molecule has 83 valence electrons. The van der Waals surface area contributed by atoms with E-state index in [1.165, 1.54) is 11.8 Å². The molecule has 2 atom stereocenters. The Morgan fingerprint density at radius 2 is 2.25 bits per heavy atom. The molecule has 0 aromatic rings. The van der Waals surface area contributed by atoms with Crippen LogP contribution in [0.3, 0.4) is 0 Å². The molecule has 16 heavy (non-hydrogen) atoms. The molecule has 0 aromatic heterocycles. The van der Waals surface area contributed by atoms with E-state index in [1.54, 1.807) is 0 Å². The number of hydrogen-bond acceptors (Lipinski definition) is 5. The van der Waals surface area contributed by atoms with Crippen molar-refractivity contribution in [3.05, 3.63) is 11.3 Å². The van der Waals surface area contributed by atoms with Crippen molar-refractivity contribution in [1.82, 2.24) is 4.90 Å². The molecule has 8 heteroatoms. The Morgan fingerprint density at radius 3 is 2.75 bits per heavy atom. The summed E-state index contributed by atoms with van der Waals surface area (Å²) in [5.41, 5.74) is 5.80. The summed E-state index contributed by atoms with van der Waals surface area (Å²) < 4.78 is 0. The van der Waals surface area contributed by atoms with Crippen LogP contribution in [0.15, 0.2) is 11.3 Å². The van der Waals surface area contributed by atoms with Crippen molar-refractivity contribution in [2.45, 2.75) is 11.4 Å². The van der Waals surface area contributed by atoms with Crippen molar-refractivity contribution in [3.63, 3.8) is 0 Å². The topological polar surface area (TPSA) is 104 Å². The SMILES string of the molecule is N[C@@H]1C(=O)N2C(C(=O)O)=C(CO)CS[C@H]12.[Na]. The second kappa shape index (κ2) is 5.07. The number of nitrogens with zero attached hydrogens (tertiary/aromatic N) is 1. The van der Waals surface area contributed by atoms with Crippen molar-refractivity contribution >= 4 is 53.2 Å². The molecule has 0 aromatic carbocycles. The zero-order valence-corrected chi connectivity index (χ0v) is 11.5. The number of aliphatic carboxylic acids is 1. The molecule has 0 spiro atoms. The van der Waals surface area contributed by atoms with Crippen molar-refractivity contribution in [2.75, 3.05) is 12.4 Å². The molecule has 2 heterocycles. The molecule has 2 aliphatic heterocycles. The van der Waals surface area contributed by atoms with Crippen LogP contribution in [0.5, 0.6) is 0 Å². The molecule has 6 nitrogen and oxygen atoms in total. The van der Waals surface area contributed by atoms with Crippen molar-refractivity contribution in [2.24, 2.45) is 5.73 Å².